The second-order valence-electron chi connectivity index (χ2n) is 7.13. The molecule has 3 heterocycles. The Morgan fingerprint density at radius 2 is 2.03 bits per heavy atom. The Morgan fingerprint density at radius 1 is 1.24 bits per heavy atom. The molecule has 174 valence electrons. The molecule has 0 aliphatic carbocycles. The van der Waals surface area contributed by atoms with Gasteiger partial charge in [-0.3, -0.25) is 4.79 Å². The van der Waals surface area contributed by atoms with Gasteiger partial charge in [-0.1, -0.05) is 6.07 Å². The quantitative estimate of drug-likeness (QED) is 0.524. The zero-order valence-corrected chi connectivity index (χ0v) is 17.1. The standard InChI is InChI=1S/C21H17F5N4O3/c1-29(13-5-7-27-17(10-13)33-20(22)23)19(31)12-3-2-4-14(9-12)30-16-6-8-32-11-15(16)18(28-30)21(24,25)26/h2-5,7,9-10,20H,6,8,11H2,1H3. The molecule has 0 bridgehead atoms. The van der Waals surface area contributed by atoms with E-state index >= 15 is 0 Å². The SMILES string of the molecule is CN(C(=O)c1cccc(-n2nc(C(F)(F)F)c3c2CCOC3)c1)c1ccnc(OC(F)F)c1. The van der Waals surface area contributed by atoms with Crippen molar-refractivity contribution in [3.8, 4) is 11.6 Å². The Balaban J connectivity index is 1.67. The first-order valence-electron chi connectivity index (χ1n) is 9.70. The zero-order chi connectivity index (χ0) is 23.8. The van der Waals surface area contributed by atoms with Gasteiger partial charge in [0.15, 0.2) is 5.69 Å². The van der Waals surface area contributed by atoms with E-state index in [1.807, 2.05) is 0 Å². The number of carbonyl (C=O) groups is 1. The number of amides is 1. The number of rotatable bonds is 5. The average Bonchev–Trinajstić information content (AvgIpc) is 3.18. The number of carbonyl (C=O) groups excluding carboxylic acids is 1. The lowest BCUT2D eigenvalue weighted by Crippen LogP contribution is -2.26. The highest BCUT2D eigenvalue weighted by Gasteiger charge is 2.40. The van der Waals surface area contributed by atoms with Crippen molar-refractivity contribution in [1.29, 1.82) is 0 Å². The third-order valence-electron chi connectivity index (χ3n) is 5.05. The maximum atomic E-state index is 13.5. The highest BCUT2D eigenvalue weighted by molar-refractivity contribution is 6.06. The van der Waals surface area contributed by atoms with Crippen LogP contribution in [0.5, 0.6) is 5.88 Å². The number of nitrogens with zero attached hydrogens (tertiary/aromatic N) is 4. The highest BCUT2D eigenvalue weighted by Crippen LogP contribution is 2.35. The number of hydrogen-bond donors (Lipinski definition) is 0. The normalized spacial score (nSPS) is 13.7. The van der Waals surface area contributed by atoms with Crippen LogP contribution >= 0.6 is 0 Å². The van der Waals surface area contributed by atoms with E-state index in [4.69, 9.17) is 4.74 Å². The number of fused-ring (bicyclic) bond motifs is 1. The van der Waals surface area contributed by atoms with E-state index in [9.17, 15) is 26.7 Å². The van der Waals surface area contributed by atoms with Crippen molar-refractivity contribution in [1.82, 2.24) is 14.8 Å². The Bertz CT molecular complexity index is 1180. The van der Waals surface area contributed by atoms with Gasteiger partial charge in [-0.05, 0) is 24.3 Å². The van der Waals surface area contributed by atoms with Crippen molar-refractivity contribution >= 4 is 11.6 Å². The van der Waals surface area contributed by atoms with Gasteiger partial charge in [-0.25, -0.2) is 9.67 Å². The molecule has 33 heavy (non-hydrogen) atoms. The van der Waals surface area contributed by atoms with Crippen LogP contribution in [0.15, 0.2) is 42.6 Å². The van der Waals surface area contributed by atoms with Gasteiger partial charge in [0.2, 0.25) is 5.88 Å². The van der Waals surface area contributed by atoms with Crippen LogP contribution in [0.1, 0.15) is 27.3 Å². The summed E-state index contributed by atoms with van der Waals surface area (Å²) in [4.78, 5) is 17.8. The monoisotopic (exact) mass is 468 g/mol. The van der Waals surface area contributed by atoms with Crippen molar-refractivity contribution < 1.29 is 36.2 Å². The number of benzene rings is 1. The smallest absolute Gasteiger partial charge is 0.417 e. The lowest BCUT2D eigenvalue weighted by Gasteiger charge is -2.19. The third kappa shape index (κ3) is 4.65. The summed E-state index contributed by atoms with van der Waals surface area (Å²) in [6, 6.07) is 8.58. The zero-order valence-electron chi connectivity index (χ0n) is 17.1. The summed E-state index contributed by atoms with van der Waals surface area (Å²) in [7, 11) is 1.42. The van der Waals surface area contributed by atoms with Crippen LogP contribution in [-0.4, -0.2) is 40.9 Å². The Kier molecular flexibility index (Phi) is 6.02. The Labute approximate surface area is 184 Å². The second-order valence-corrected chi connectivity index (χ2v) is 7.13. The molecular formula is C21H17F5N4O3. The molecule has 4 rings (SSSR count). The molecule has 0 saturated heterocycles. The minimum absolute atomic E-state index is 0.0223. The van der Waals surface area contributed by atoms with Crippen LogP contribution in [0.4, 0.5) is 27.6 Å². The highest BCUT2D eigenvalue weighted by atomic mass is 19.4. The molecule has 0 unspecified atom stereocenters. The van der Waals surface area contributed by atoms with Crippen molar-refractivity contribution in [2.45, 2.75) is 25.8 Å². The van der Waals surface area contributed by atoms with E-state index in [0.29, 0.717) is 5.69 Å². The van der Waals surface area contributed by atoms with E-state index in [1.165, 1.54) is 53.2 Å². The summed E-state index contributed by atoms with van der Waals surface area (Å²) < 4.78 is 75.9. The largest absolute Gasteiger partial charge is 0.435 e. The second kappa shape index (κ2) is 8.77. The molecule has 0 fully saturated rings. The van der Waals surface area contributed by atoms with Crippen LogP contribution in [0.25, 0.3) is 5.69 Å². The van der Waals surface area contributed by atoms with Gasteiger partial charge in [-0.15, -0.1) is 0 Å². The Hall–Kier alpha value is -3.54. The number of aromatic nitrogens is 3. The maximum absolute atomic E-state index is 13.5. The molecule has 7 nitrogen and oxygen atoms in total. The van der Waals surface area contributed by atoms with Gasteiger partial charge in [0, 0.05) is 36.9 Å². The fourth-order valence-corrected chi connectivity index (χ4v) is 3.52. The number of hydrogen-bond acceptors (Lipinski definition) is 5. The molecule has 0 N–H and O–H groups in total. The van der Waals surface area contributed by atoms with Crippen LogP contribution < -0.4 is 9.64 Å². The summed E-state index contributed by atoms with van der Waals surface area (Å²) in [5.74, 6) is -0.882. The average molecular weight is 468 g/mol. The minimum Gasteiger partial charge on any atom is -0.417 e. The van der Waals surface area contributed by atoms with E-state index in [2.05, 4.69) is 14.8 Å². The van der Waals surface area contributed by atoms with E-state index in [-0.39, 0.29) is 48.0 Å². The maximum Gasteiger partial charge on any atom is 0.435 e. The topological polar surface area (TPSA) is 69.5 Å². The molecule has 1 aromatic carbocycles. The van der Waals surface area contributed by atoms with Crippen molar-refractivity contribution in [3.63, 3.8) is 0 Å². The lowest BCUT2D eigenvalue weighted by atomic mass is 10.1. The molecule has 12 heteroatoms. The van der Waals surface area contributed by atoms with Crippen molar-refractivity contribution in [2.75, 3.05) is 18.6 Å². The van der Waals surface area contributed by atoms with Crippen molar-refractivity contribution in [2.24, 2.45) is 0 Å². The lowest BCUT2D eigenvalue weighted by molar-refractivity contribution is -0.142. The molecule has 0 atom stereocenters. The molecule has 2 aromatic heterocycles. The molecule has 1 aliphatic heterocycles. The van der Waals surface area contributed by atoms with Gasteiger partial charge in [0.25, 0.3) is 5.91 Å². The summed E-state index contributed by atoms with van der Waals surface area (Å²) in [5.41, 5.74) is 0.00572. The van der Waals surface area contributed by atoms with E-state index in [1.54, 1.807) is 6.07 Å². The van der Waals surface area contributed by atoms with Gasteiger partial charge >= 0.3 is 12.8 Å². The summed E-state index contributed by atoms with van der Waals surface area (Å²) in [6.07, 6.45) is -3.20. The van der Waals surface area contributed by atoms with Crippen molar-refractivity contribution in [3.05, 3.63) is 65.1 Å². The predicted octanol–water partition coefficient (Wildman–Crippen LogP) is 4.24. The molecule has 1 amide bonds. The first-order valence-corrected chi connectivity index (χ1v) is 9.70. The van der Waals surface area contributed by atoms with Crippen LogP contribution in [0.3, 0.4) is 0 Å². The first kappa shape index (κ1) is 22.6. The number of ether oxygens (including phenoxy) is 2. The molecule has 0 radical (unpaired) electrons. The third-order valence-corrected chi connectivity index (χ3v) is 5.05. The van der Waals surface area contributed by atoms with Gasteiger partial charge in [0.05, 0.1) is 30.3 Å². The molecule has 3 aromatic rings. The van der Waals surface area contributed by atoms with Crippen LogP contribution in [0.2, 0.25) is 0 Å². The number of pyridine rings is 1. The van der Waals surface area contributed by atoms with Gasteiger partial charge in [-0.2, -0.15) is 27.1 Å². The summed E-state index contributed by atoms with van der Waals surface area (Å²) >= 11 is 0. The summed E-state index contributed by atoms with van der Waals surface area (Å²) in [6.45, 7) is -3.02. The predicted molar refractivity (Wildman–Crippen MR) is 106 cm³/mol. The fourth-order valence-electron chi connectivity index (χ4n) is 3.52. The minimum atomic E-state index is -4.65. The number of halogens is 5. The van der Waals surface area contributed by atoms with Gasteiger partial charge in [0.1, 0.15) is 0 Å². The fraction of sp³-hybridized carbons (Fsp3) is 0.286. The number of anilines is 1. The van der Waals surface area contributed by atoms with E-state index in [0.717, 1.165) is 0 Å². The number of alkyl halides is 5. The van der Waals surface area contributed by atoms with Crippen LogP contribution in [-0.2, 0) is 23.9 Å². The molecule has 0 saturated carbocycles. The van der Waals surface area contributed by atoms with Crippen LogP contribution in [0, 0.1) is 0 Å². The molecule has 1 aliphatic rings. The summed E-state index contributed by atoms with van der Waals surface area (Å²) in [5, 5.41) is 3.77. The van der Waals surface area contributed by atoms with E-state index < -0.39 is 24.4 Å². The Morgan fingerprint density at radius 3 is 2.76 bits per heavy atom. The first-order chi connectivity index (χ1) is 15.6. The van der Waals surface area contributed by atoms with Gasteiger partial charge < -0.3 is 14.4 Å². The molecule has 0 spiro atoms. The molecular weight excluding hydrogens is 451 g/mol.